The van der Waals surface area contributed by atoms with E-state index in [4.69, 9.17) is 0 Å². The highest BCUT2D eigenvalue weighted by Gasteiger charge is 2.15. The van der Waals surface area contributed by atoms with Gasteiger partial charge in [0, 0.05) is 12.2 Å². The fourth-order valence-corrected chi connectivity index (χ4v) is 1.15. The van der Waals surface area contributed by atoms with E-state index in [1.54, 1.807) is 0 Å². The summed E-state index contributed by atoms with van der Waals surface area (Å²) in [4.78, 5) is 0. The quantitative estimate of drug-likeness (QED) is 0.660. The minimum atomic E-state index is -4.65. The van der Waals surface area contributed by atoms with Gasteiger partial charge in [-0.1, -0.05) is 3.89 Å². The van der Waals surface area contributed by atoms with Gasteiger partial charge < -0.3 is 0 Å². The molecule has 6 heteroatoms. The van der Waals surface area contributed by atoms with Gasteiger partial charge in [-0.15, -0.1) is 0 Å². The van der Waals surface area contributed by atoms with Gasteiger partial charge in [0.1, 0.15) is 0 Å². The molecule has 0 aliphatic rings. The third kappa shape index (κ3) is 1.82. The number of aromatic nitrogens is 2. The molecule has 0 amide bonds. The molecule has 0 aromatic carbocycles. The Hall–Kier alpha value is -0.910. The zero-order chi connectivity index (χ0) is 9.35. The summed E-state index contributed by atoms with van der Waals surface area (Å²) in [6.07, 6.45) is 1.43. The van der Waals surface area contributed by atoms with Crippen molar-refractivity contribution in [2.24, 2.45) is 0 Å². The molecule has 1 aromatic heterocycles. The predicted molar refractivity (Wildman–Crippen MR) is 40.9 cm³/mol. The third-order valence-electron chi connectivity index (χ3n) is 1.36. The van der Waals surface area contributed by atoms with Gasteiger partial charge in [0.05, 0.1) is 0 Å². The van der Waals surface area contributed by atoms with Crippen LogP contribution in [-0.4, -0.2) is 18.2 Å². The van der Waals surface area contributed by atoms with Gasteiger partial charge in [-0.3, -0.25) is 4.68 Å². The maximum atomic E-state index is 12.3. The SMILES string of the molecule is CC(C)n1ccc(S(=O)(=O)F)n1. The van der Waals surface area contributed by atoms with Crippen molar-refractivity contribution in [3.63, 3.8) is 0 Å². The topological polar surface area (TPSA) is 52.0 Å². The number of rotatable bonds is 2. The molecular formula is C6H9FN2O2S. The number of halogens is 1. The van der Waals surface area contributed by atoms with Crippen LogP contribution in [0.25, 0.3) is 0 Å². The molecule has 0 bridgehead atoms. The minimum Gasteiger partial charge on any atom is -0.269 e. The molecule has 12 heavy (non-hydrogen) atoms. The molecule has 0 aliphatic carbocycles. The fourth-order valence-electron chi connectivity index (χ4n) is 0.738. The highest BCUT2D eigenvalue weighted by atomic mass is 32.3. The molecule has 0 aliphatic heterocycles. The average molecular weight is 192 g/mol. The first kappa shape index (κ1) is 9.18. The number of hydrogen-bond donors (Lipinski definition) is 0. The highest BCUT2D eigenvalue weighted by Crippen LogP contribution is 2.10. The van der Waals surface area contributed by atoms with Gasteiger partial charge in [-0.2, -0.15) is 13.5 Å². The summed E-state index contributed by atoms with van der Waals surface area (Å²) in [6.45, 7) is 3.64. The lowest BCUT2D eigenvalue weighted by molar-refractivity contribution is 0.507. The fraction of sp³-hybridized carbons (Fsp3) is 0.500. The van der Waals surface area contributed by atoms with E-state index in [1.807, 2.05) is 13.8 Å². The van der Waals surface area contributed by atoms with Gasteiger partial charge in [0.2, 0.25) is 5.03 Å². The Labute approximate surface area is 70.2 Å². The van der Waals surface area contributed by atoms with Crippen LogP contribution in [0.2, 0.25) is 0 Å². The summed E-state index contributed by atoms with van der Waals surface area (Å²) in [5.41, 5.74) is 0. The van der Waals surface area contributed by atoms with Crippen LogP contribution >= 0.6 is 0 Å². The Kier molecular flexibility index (Phi) is 2.18. The Morgan fingerprint density at radius 3 is 2.42 bits per heavy atom. The molecule has 0 unspecified atom stereocenters. The lowest BCUT2D eigenvalue weighted by Gasteiger charge is -2.02. The second kappa shape index (κ2) is 2.85. The van der Waals surface area contributed by atoms with Crippen molar-refractivity contribution in [3.05, 3.63) is 12.3 Å². The van der Waals surface area contributed by atoms with E-state index >= 15 is 0 Å². The van der Waals surface area contributed by atoms with Crippen LogP contribution in [0.15, 0.2) is 17.3 Å². The van der Waals surface area contributed by atoms with Crippen LogP contribution in [0.4, 0.5) is 3.89 Å². The van der Waals surface area contributed by atoms with E-state index in [9.17, 15) is 12.3 Å². The molecule has 1 rings (SSSR count). The van der Waals surface area contributed by atoms with Crippen molar-refractivity contribution in [1.29, 1.82) is 0 Å². The van der Waals surface area contributed by atoms with Crippen LogP contribution in [0.5, 0.6) is 0 Å². The van der Waals surface area contributed by atoms with E-state index in [0.717, 1.165) is 6.07 Å². The summed E-state index contributed by atoms with van der Waals surface area (Å²) < 4.78 is 34.3. The minimum absolute atomic E-state index is 0.0282. The van der Waals surface area contributed by atoms with Gasteiger partial charge >= 0.3 is 10.2 Å². The Morgan fingerprint density at radius 1 is 1.58 bits per heavy atom. The van der Waals surface area contributed by atoms with Crippen molar-refractivity contribution in [2.75, 3.05) is 0 Å². The molecular weight excluding hydrogens is 183 g/mol. The van der Waals surface area contributed by atoms with E-state index in [1.165, 1.54) is 10.9 Å². The first-order valence-electron chi connectivity index (χ1n) is 3.41. The standard InChI is InChI=1S/C6H9FN2O2S/c1-5(2)9-4-3-6(8-9)12(7,10)11/h3-5H,1-2H3. The van der Waals surface area contributed by atoms with E-state index in [-0.39, 0.29) is 6.04 Å². The van der Waals surface area contributed by atoms with Gasteiger partial charge in [0.25, 0.3) is 0 Å². The molecule has 1 heterocycles. The highest BCUT2D eigenvalue weighted by molar-refractivity contribution is 7.86. The lowest BCUT2D eigenvalue weighted by atomic mass is 10.4. The second-order valence-corrected chi connectivity index (χ2v) is 3.96. The molecule has 0 N–H and O–H groups in total. The smallest absolute Gasteiger partial charge is 0.269 e. The van der Waals surface area contributed by atoms with Crippen LogP contribution < -0.4 is 0 Å². The summed E-state index contributed by atoms with van der Waals surface area (Å²) in [5, 5.41) is 3.00. The average Bonchev–Trinajstić information content (AvgIpc) is 2.30. The molecule has 68 valence electrons. The zero-order valence-corrected chi connectivity index (χ0v) is 7.55. The maximum absolute atomic E-state index is 12.3. The van der Waals surface area contributed by atoms with Crippen LogP contribution in [0.1, 0.15) is 19.9 Å². The predicted octanol–water partition coefficient (Wildman–Crippen LogP) is 1.12. The molecule has 0 radical (unpaired) electrons. The summed E-state index contributed by atoms with van der Waals surface area (Å²) in [6, 6.07) is 1.16. The normalized spacial score (nSPS) is 12.3. The molecule has 4 nitrogen and oxygen atoms in total. The van der Waals surface area contributed by atoms with Crippen LogP contribution in [-0.2, 0) is 10.2 Å². The Morgan fingerprint density at radius 2 is 2.17 bits per heavy atom. The zero-order valence-electron chi connectivity index (χ0n) is 6.73. The number of hydrogen-bond acceptors (Lipinski definition) is 3. The van der Waals surface area contributed by atoms with Crippen molar-refractivity contribution < 1.29 is 12.3 Å². The lowest BCUT2D eigenvalue weighted by Crippen LogP contribution is -2.02. The summed E-state index contributed by atoms with van der Waals surface area (Å²) in [5.74, 6) is 0. The van der Waals surface area contributed by atoms with Crippen LogP contribution in [0.3, 0.4) is 0 Å². The van der Waals surface area contributed by atoms with Crippen LogP contribution in [0, 0.1) is 0 Å². The van der Waals surface area contributed by atoms with Crippen molar-refractivity contribution in [3.8, 4) is 0 Å². The van der Waals surface area contributed by atoms with Gasteiger partial charge in [0.15, 0.2) is 0 Å². The molecule has 0 saturated carbocycles. The van der Waals surface area contributed by atoms with Gasteiger partial charge in [-0.25, -0.2) is 0 Å². The molecule has 0 saturated heterocycles. The molecule has 0 spiro atoms. The van der Waals surface area contributed by atoms with Crippen molar-refractivity contribution in [1.82, 2.24) is 9.78 Å². The second-order valence-electron chi connectivity index (χ2n) is 2.67. The van der Waals surface area contributed by atoms with E-state index < -0.39 is 15.2 Å². The largest absolute Gasteiger partial charge is 0.351 e. The van der Waals surface area contributed by atoms with Gasteiger partial charge in [-0.05, 0) is 19.9 Å². The molecule has 0 fully saturated rings. The maximum Gasteiger partial charge on any atom is 0.351 e. The van der Waals surface area contributed by atoms with E-state index in [2.05, 4.69) is 5.10 Å². The molecule has 1 aromatic rings. The molecule has 0 atom stereocenters. The monoisotopic (exact) mass is 192 g/mol. The first-order chi connectivity index (χ1) is 5.41. The van der Waals surface area contributed by atoms with Crippen molar-refractivity contribution in [2.45, 2.75) is 24.9 Å². The van der Waals surface area contributed by atoms with E-state index in [0.29, 0.717) is 0 Å². The Balaban J connectivity index is 3.09. The number of nitrogens with zero attached hydrogens (tertiary/aromatic N) is 2. The summed E-state index contributed by atoms with van der Waals surface area (Å²) in [7, 11) is -4.65. The van der Waals surface area contributed by atoms with Crippen molar-refractivity contribution >= 4 is 10.2 Å². The first-order valence-corrected chi connectivity index (χ1v) is 4.79. The Bertz CT molecular complexity index is 369. The summed E-state index contributed by atoms with van der Waals surface area (Å²) >= 11 is 0. The third-order valence-corrected chi connectivity index (χ3v) is 2.08.